The first-order chi connectivity index (χ1) is 13.4. The van der Waals surface area contributed by atoms with Gasteiger partial charge in [0.25, 0.3) is 0 Å². The molecule has 0 radical (unpaired) electrons. The maximum absolute atomic E-state index is 13.2. The molecule has 1 amide bonds. The second-order valence-corrected chi connectivity index (χ2v) is 9.46. The summed E-state index contributed by atoms with van der Waals surface area (Å²) in [7, 11) is 4.26. The highest BCUT2D eigenvalue weighted by Crippen LogP contribution is 2.55. The molecular formula is C23H30N2O3. The molecule has 1 aromatic heterocycles. The van der Waals surface area contributed by atoms with Crippen molar-refractivity contribution in [2.45, 2.75) is 44.8 Å². The summed E-state index contributed by atoms with van der Waals surface area (Å²) in [5.74, 6) is 1.21. The molecule has 0 N–H and O–H groups in total. The summed E-state index contributed by atoms with van der Waals surface area (Å²) in [6.45, 7) is 6.80. The Bertz CT molecular complexity index is 933. The zero-order chi connectivity index (χ0) is 19.6. The number of likely N-dealkylation sites (tertiary alicyclic amines) is 1. The average Bonchev–Trinajstić information content (AvgIpc) is 3.35. The Hall–Kier alpha value is -1.85. The van der Waals surface area contributed by atoms with Gasteiger partial charge in [0.1, 0.15) is 5.58 Å². The molecule has 3 saturated heterocycles. The normalized spacial score (nSPS) is 31.3. The number of fused-ring (bicyclic) bond motifs is 2. The number of hydrogen-bond donors (Lipinski definition) is 0. The maximum atomic E-state index is 13.2. The fraction of sp³-hybridized carbons (Fsp3) is 0.609. The van der Waals surface area contributed by atoms with Gasteiger partial charge in [0.2, 0.25) is 5.91 Å². The predicted octanol–water partition coefficient (Wildman–Crippen LogP) is 3.16. The molecule has 28 heavy (non-hydrogen) atoms. The monoisotopic (exact) mass is 382 g/mol. The smallest absolute Gasteiger partial charge is 0.227 e. The number of ether oxygens (including phenoxy) is 1. The molecule has 5 heteroatoms. The van der Waals surface area contributed by atoms with Crippen LogP contribution >= 0.6 is 0 Å². The highest BCUT2D eigenvalue weighted by atomic mass is 16.5. The molecule has 0 unspecified atom stereocenters. The number of hydrogen-bond acceptors (Lipinski definition) is 4. The second-order valence-electron chi connectivity index (χ2n) is 9.46. The number of carbonyl (C=O) groups excluding carboxylic acids is 1. The van der Waals surface area contributed by atoms with Gasteiger partial charge in [0.15, 0.2) is 0 Å². The van der Waals surface area contributed by atoms with Gasteiger partial charge >= 0.3 is 0 Å². The first-order valence-electron chi connectivity index (χ1n) is 10.4. The number of carbonyl (C=O) groups is 1. The van der Waals surface area contributed by atoms with Crippen LogP contribution in [-0.2, 0) is 16.0 Å². The van der Waals surface area contributed by atoms with Crippen LogP contribution in [-0.4, -0.2) is 61.1 Å². The van der Waals surface area contributed by atoms with E-state index in [1.54, 1.807) is 6.26 Å². The van der Waals surface area contributed by atoms with E-state index >= 15 is 0 Å². The summed E-state index contributed by atoms with van der Waals surface area (Å²) in [5.41, 5.74) is 4.15. The summed E-state index contributed by atoms with van der Waals surface area (Å²) < 4.78 is 12.2. The number of amides is 1. The Kier molecular flexibility index (Phi) is 4.11. The molecule has 5 nitrogen and oxygen atoms in total. The number of nitrogens with zero attached hydrogens (tertiary/aromatic N) is 2. The van der Waals surface area contributed by atoms with E-state index in [4.69, 9.17) is 9.15 Å². The Morgan fingerprint density at radius 1 is 1.32 bits per heavy atom. The van der Waals surface area contributed by atoms with Gasteiger partial charge in [-0.15, -0.1) is 0 Å². The van der Waals surface area contributed by atoms with E-state index in [1.165, 1.54) is 11.1 Å². The minimum Gasteiger partial charge on any atom is -0.464 e. The van der Waals surface area contributed by atoms with Gasteiger partial charge in [-0.1, -0.05) is 6.07 Å². The first kappa shape index (κ1) is 18.2. The van der Waals surface area contributed by atoms with E-state index in [-0.39, 0.29) is 11.5 Å². The molecule has 2 bridgehead atoms. The average molecular weight is 383 g/mol. The van der Waals surface area contributed by atoms with Gasteiger partial charge in [-0.2, -0.15) is 0 Å². The maximum Gasteiger partial charge on any atom is 0.227 e. The van der Waals surface area contributed by atoms with Crippen LogP contribution in [0.1, 0.15) is 29.5 Å². The van der Waals surface area contributed by atoms with Crippen molar-refractivity contribution in [3.63, 3.8) is 0 Å². The fourth-order valence-corrected chi connectivity index (χ4v) is 6.08. The summed E-state index contributed by atoms with van der Waals surface area (Å²) >= 11 is 0. The topological polar surface area (TPSA) is 45.9 Å². The first-order valence-corrected chi connectivity index (χ1v) is 10.4. The SMILES string of the molecule is Cc1cc(C)c2c(CC(=O)N3C[C@@H]4[C@H](CN(C)C)[C@H]5CC[C@]4(C3)O5)coc2c1. The van der Waals surface area contributed by atoms with Crippen LogP contribution in [0.3, 0.4) is 0 Å². The highest BCUT2D eigenvalue weighted by Gasteiger charge is 2.63. The number of rotatable bonds is 4. The molecule has 150 valence electrons. The number of benzene rings is 1. The van der Waals surface area contributed by atoms with Gasteiger partial charge in [-0.05, 0) is 58.0 Å². The quantitative estimate of drug-likeness (QED) is 0.815. The van der Waals surface area contributed by atoms with Crippen LogP contribution < -0.4 is 0 Å². The summed E-state index contributed by atoms with van der Waals surface area (Å²) in [6.07, 6.45) is 4.79. The minimum atomic E-state index is -0.0908. The van der Waals surface area contributed by atoms with E-state index in [0.717, 1.165) is 49.0 Å². The molecule has 2 aromatic rings. The van der Waals surface area contributed by atoms with E-state index in [9.17, 15) is 4.79 Å². The Balaban J connectivity index is 1.35. The standard InChI is InChI=1S/C23H30N2O3/c1-14-7-15(2)22-16(12-27-20(22)8-14)9-21(26)25-11-18-17(10-24(3)4)19-5-6-23(18,13-25)28-19/h7-8,12,17-19H,5-6,9-11,13H2,1-4H3/t17-,18+,19+,23+/m0/s1. The molecular weight excluding hydrogens is 352 g/mol. The van der Waals surface area contributed by atoms with Crippen LogP contribution in [0.5, 0.6) is 0 Å². The van der Waals surface area contributed by atoms with Crippen molar-refractivity contribution in [1.29, 1.82) is 0 Å². The van der Waals surface area contributed by atoms with Crippen molar-refractivity contribution in [3.05, 3.63) is 35.1 Å². The third-order valence-electron chi connectivity index (χ3n) is 7.15. The van der Waals surface area contributed by atoms with Crippen LogP contribution in [0.15, 0.2) is 22.8 Å². The van der Waals surface area contributed by atoms with Gasteiger partial charge in [0, 0.05) is 35.9 Å². The zero-order valence-electron chi connectivity index (χ0n) is 17.3. The van der Waals surface area contributed by atoms with Gasteiger partial charge in [0.05, 0.1) is 30.9 Å². The van der Waals surface area contributed by atoms with Crippen LogP contribution in [0.4, 0.5) is 0 Å². The Labute approximate surface area is 166 Å². The van der Waals surface area contributed by atoms with Crippen molar-refractivity contribution in [2.24, 2.45) is 11.8 Å². The van der Waals surface area contributed by atoms with Gasteiger partial charge in [-0.25, -0.2) is 0 Å². The highest BCUT2D eigenvalue weighted by molar-refractivity contribution is 5.90. The molecule has 4 heterocycles. The minimum absolute atomic E-state index is 0.0908. The predicted molar refractivity (Wildman–Crippen MR) is 108 cm³/mol. The molecule has 1 aromatic carbocycles. The molecule has 0 aliphatic carbocycles. The van der Waals surface area contributed by atoms with Crippen molar-refractivity contribution in [3.8, 4) is 0 Å². The Morgan fingerprint density at radius 2 is 2.14 bits per heavy atom. The van der Waals surface area contributed by atoms with E-state index < -0.39 is 0 Å². The number of furan rings is 1. The van der Waals surface area contributed by atoms with Crippen molar-refractivity contribution < 1.29 is 13.9 Å². The molecule has 4 atom stereocenters. The largest absolute Gasteiger partial charge is 0.464 e. The summed E-state index contributed by atoms with van der Waals surface area (Å²) in [6, 6.07) is 4.21. The van der Waals surface area contributed by atoms with Crippen molar-refractivity contribution in [1.82, 2.24) is 9.80 Å². The van der Waals surface area contributed by atoms with Gasteiger partial charge < -0.3 is 19.0 Å². The van der Waals surface area contributed by atoms with Crippen LogP contribution in [0, 0.1) is 25.7 Å². The third-order valence-corrected chi connectivity index (χ3v) is 7.15. The van der Waals surface area contributed by atoms with Crippen molar-refractivity contribution in [2.75, 3.05) is 33.7 Å². The fourth-order valence-electron chi connectivity index (χ4n) is 6.08. The lowest BCUT2D eigenvalue weighted by Crippen LogP contribution is -2.40. The molecule has 3 aliphatic rings. The Morgan fingerprint density at radius 3 is 2.93 bits per heavy atom. The zero-order valence-corrected chi connectivity index (χ0v) is 17.3. The third kappa shape index (κ3) is 2.71. The second kappa shape index (κ2) is 6.33. The molecule has 5 rings (SSSR count). The summed E-state index contributed by atoms with van der Waals surface area (Å²) in [4.78, 5) is 17.5. The van der Waals surface area contributed by atoms with E-state index in [2.05, 4.69) is 43.8 Å². The van der Waals surface area contributed by atoms with Gasteiger partial charge in [-0.3, -0.25) is 4.79 Å². The van der Waals surface area contributed by atoms with E-state index in [0.29, 0.717) is 24.4 Å². The van der Waals surface area contributed by atoms with Crippen molar-refractivity contribution >= 4 is 16.9 Å². The van der Waals surface area contributed by atoms with E-state index in [1.807, 2.05) is 6.07 Å². The lowest BCUT2D eigenvalue weighted by Gasteiger charge is -2.30. The number of aryl methyl sites for hydroxylation is 2. The molecule has 3 aliphatic heterocycles. The lowest BCUT2D eigenvalue weighted by molar-refractivity contribution is -0.131. The molecule has 3 fully saturated rings. The molecule has 1 spiro atoms. The summed E-state index contributed by atoms with van der Waals surface area (Å²) in [5, 5.41) is 1.10. The molecule has 0 saturated carbocycles. The van der Waals surface area contributed by atoms with Crippen LogP contribution in [0.25, 0.3) is 11.0 Å². The van der Waals surface area contributed by atoms with Crippen LogP contribution in [0.2, 0.25) is 0 Å². The lowest BCUT2D eigenvalue weighted by atomic mass is 9.73.